The first-order chi connectivity index (χ1) is 12.4. The van der Waals surface area contributed by atoms with Gasteiger partial charge in [-0.05, 0) is 18.2 Å². The molecule has 0 saturated heterocycles. The van der Waals surface area contributed by atoms with E-state index >= 15 is 0 Å². The molecule has 2 aromatic heterocycles. The topological polar surface area (TPSA) is 88.6 Å². The first-order valence-corrected chi connectivity index (χ1v) is 10.6. The summed E-state index contributed by atoms with van der Waals surface area (Å²) in [5, 5.41) is 15.6. The molecule has 138 valence electrons. The summed E-state index contributed by atoms with van der Waals surface area (Å²) in [5.41, 5.74) is 2.27. The third-order valence-corrected chi connectivity index (χ3v) is 5.48. The highest BCUT2D eigenvalue weighted by Gasteiger charge is 2.23. The Kier molecular flexibility index (Phi) is 4.34. The molecule has 0 unspecified atom stereocenters. The van der Waals surface area contributed by atoms with Crippen molar-refractivity contribution < 1.29 is 17.9 Å². The molecule has 1 aliphatic heterocycles. The molecule has 26 heavy (non-hydrogen) atoms. The fourth-order valence-corrected chi connectivity index (χ4v) is 4.09. The molecule has 1 N–H and O–H groups in total. The van der Waals surface area contributed by atoms with E-state index < -0.39 is 15.9 Å². The summed E-state index contributed by atoms with van der Waals surface area (Å²) in [7, 11) is -3.26. The van der Waals surface area contributed by atoms with E-state index in [1.807, 2.05) is 28.9 Å². The number of rotatable bonds is 5. The molecule has 0 fully saturated rings. The van der Waals surface area contributed by atoms with Crippen molar-refractivity contribution in [2.45, 2.75) is 25.7 Å². The van der Waals surface area contributed by atoms with E-state index in [-0.39, 0.29) is 5.75 Å². The summed E-state index contributed by atoms with van der Waals surface area (Å²) in [5.74, 6) is 0.600. The minimum Gasteiger partial charge on any atom is -0.460 e. The highest BCUT2D eigenvalue weighted by atomic mass is 32.2. The second kappa shape index (κ2) is 6.53. The minimum atomic E-state index is -3.26. The van der Waals surface area contributed by atoms with Crippen molar-refractivity contribution >= 4 is 20.8 Å². The Morgan fingerprint density at radius 3 is 2.85 bits per heavy atom. The molecule has 0 bridgehead atoms. The zero-order valence-corrected chi connectivity index (χ0v) is 15.3. The highest BCUT2D eigenvalue weighted by Crippen LogP contribution is 2.23. The van der Waals surface area contributed by atoms with Crippen LogP contribution in [0.2, 0.25) is 0 Å². The van der Waals surface area contributed by atoms with Crippen LogP contribution in [0, 0.1) is 0 Å². The predicted molar refractivity (Wildman–Crippen MR) is 97.2 cm³/mol. The van der Waals surface area contributed by atoms with Crippen LogP contribution in [0.3, 0.4) is 0 Å². The van der Waals surface area contributed by atoms with Crippen LogP contribution in [-0.4, -0.2) is 46.8 Å². The summed E-state index contributed by atoms with van der Waals surface area (Å²) in [6.45, 7) is 2.88. The average molecular weight is 375 g/mol. The number of nitrogens with zero attached hydrogens (tertiary/aromatic N) is 3. The van der Waals surface area contributed by atoms with Crippen molar-refractivity contribution in [2.75, 3.05) is 18.6 Å². The summed E-state index contributed by atoms with van der Waals surface area (Å²) in [6, 6.07) is 11.8. The Morgan fingerprint density at radius 2 is 2.08 bits per heavy atom. The predicted octanol–water partition coefficient (Wildman–Crippen LogP) is 1.72. The van der Waals surface area contributed by atoms with Crippen LogP contribution in [-0.2, 0) is 29.5 Å². The number of fused-ring (bicyclic) bond motifs is 2. The van der Waals surface area contributed by atoms with E-state index in [1.165, 1.54) is 0 Å². The van der Waals surface area contributed by atoms with E-state index in [1.54, 1.807) is 6.07 Å². The molecule has 0 radical (unpaired) electrons. The maximum absolute atomic E-state index is 11.4. The number of aliphatic hydroxyl groups is 1. The van der Waals surface area contributed by atoms with E-state index in [2.05, 4.69) is 16.1 Å². The third kappa shape index (κ3) is 3.67. The average Bonchev–Trinajstić information content (AvgIpc) is 3.15. The monoisotopic (exact) mass is 375 g/mol. The lowest BCUT2D eigenvalue weighted by molar-refractivity contribution is 0.186. The standard InChI is InChI=1S/C18H21N3O4S/c1-26(23,24)12-17(22)16-9-14-10-20(6-7-21(14)19-16)11-15-8-13-4-2-3-5-18(13)25-15/h2-5,8-9,17,22H,6-7,10-12H2,1H3/t17-/m1/s1. The highest BCUT2D eigenvalue weighted by molar-refractivity contribution is 7.90. The summed E-state index contributed by atoms with van der Waals surface area (Å²) in [4.78, 5) is 2.25. The molecular formula is C18H21N3O4S. The van der Waals surface area contributed by atoms with Gasteiger partial charge in [0.25, 0.3) is 0 Å². The van der Waals surface area contributed by atoms with Crippen LogP contribution in [0.25, 0.3) is 11.0 Å². The molecule has 0 aliphatic carbocycles. The van der Waals surface area contributed by atoms with Gasteiger partial charge in [-0.2, -0.15) is 5.10 Å². The fraction of sp³-hybridized carbons (Fsp3) is 0.389. The largest absolute Gasteiger partial charge is 0.460 e. The number of sulfone groups is 1. The van der Waals surface area contributed by atoms with Crippen molar-refractivity contribution in [3.05, 3.63) is 53.5 Å². The van der Waals surface area contributed by atoms with Gasteiger partial charge < -0.3 is 9.52 Å². The van der Waals surface area contributed by atoms with E-state index in [4.69, 9.17) is 4.42 Å². The molecule has 4 rings (SSSR count). The van der Waals surface area contributed by atoms with Crippen LogP contribution < -0.4 is 0 Å². The lowest BCUT2D eigenvalue weighted by Gasteiger charge is -2.26. The molecule has 7 nitrogen and oxygen atoms in total. The van der Waals surface area contributed by atoms with Gasteiger partial charge in [0.1, 0.15) is 27.3 Å². The van der Waals surface area contributed by atoms with Gasteiger partial charge in [0.05, 0.1) is 30.2 Å². The Balaban J connectivity index is 1.47. The van der Waals surface area contributed by atoms with Gasteiger partial charge >= 0.3 is 0 Å². The number of para-hydroxylation sites is 1. The molecule has 0 amide bonds. The van der Waals surface area contributed by atoms with Gasteiger partial charge in [0, 0.05) is 24.7 Å². The van der Waals surface area contributed by atoms with Gasteiger partial charge in [0.15, 0.2) is 0 Å². The molecule has 1 atom stereocenters. The Bertz CT molecular complexity index is 1000. The van der Waals surface area contributed by atoms with Gasteiger partial charge in [-0.15, -0.1) is 0 Å². The van der Waals surface area contributed by atoms with Crippen LogP contribution in [0.1, 0.15) is 23.3 Å². The lowest BCUT2D eigenvalue weighted by atomic mass is 10.2. The second-order valence-corrected chi connectivity index (χ2v) is 9.04. The number of hydrogen-bond donors (Lipinski definition) is 1. The third-order valence-electron chi connectivity index (χ3n) is 4.55. The van der Waals surface area contributed by atoms with Crippen molar-refractivity contribution in [2.24, 2.45) is 0 Å². The molecule has 1 aliphatic rings. The van der Waals surface area contributed by atoms with Gasteiger partial charge in [-0.25, -0.2) is 8.42 Å². The number of furan rings is 1. The van der Waals surface area contributed by atoms with E-state index in [9.17, 15) is 13.5 Å². The second-order valence-electron chi connectivity index (χ2n) is 6.85. The van der Waals surface area contributed by atoms with Gasteiger partial charge in [-0.3, -0.25) is 9.58 Å². The maximum Gasteiger partial charge on any atom is 0.150 e. The number of aliphatic hydroxyl groups excluding tert-OH is 1. The zero-order chi connectivity index (χ0) is 18.3. The Morgan fingerprint density at radius 1 is 1.27 bits per heavy atom. The van der Waals surface area contributed by atoms with Gasteiger partial charge in [-0.1, -0.05) is 18.2 Å². The molecular weight excluding hydrogens is 354 g/mol. The number of benzene rings is 1. The van der Waals surface area contributed by atoms with Gasteiger partial charge in [0.2, 0.25) is 0 Å². The van der Waals surface area contributed by atoms with Crippen LogP contribution in [0.5, 0.6) is 0 Å². The molecule has 0 saturated carbocycles. The van der Waals surface area contributed by atoms with Crippen molar-refractivity contribution in [1.82, 2.24) is 14.7 Å². The minimum absolute atomic E-state index is 0.313. The summed E-state index contributed by atoms with van der Waals surface area (Å²) < 4.78 is 30.5. The Hall–Kier alpha value is -2.16. The Labute approximate surface area is 151 Å². The SMILES string of the molecule is CS(=O)(=O)C[C@@H](O)c1cc2n(n1)CCN(Cc1cc3ccccc3o1)C2. The number of hydrogen-bond acceptors (Lipinski definition) is 6. The van der Waals surface area contributed by atoms with Crippen molar-refractivity contribution in [3.63, 3.8) is 0 Å². The van der Waals surface area contributed by atoms with Crippen LogP contribution in [0.4, 0.5) is 0 Å². The first kappa shape index (κ1) is 17.3. The molecule has 0 spiro atoms. The summed E-state index contributed by atoms with van der Waals surface area (Å²) in [6.07, 6.45) is 0.0216. The van der Waals surface area contributed by atoms with Crippen molar-refractivity contribution in [1.29, 1.82) is 0 Å². The normalized spacial score (nSPS) is 16.7. The number of aromatic nitrogens is 2. The zero-order valence-electron chi connectivity index (χ0n) is 14.5. The van der Waals surface area contributed by atoms with E-state index in [0.717, 1.165) is 35.2 Å². The molecule has 3 aromatic rings. The smallest absolute Gasteiger partial charge is 0.150 e. The summed E-state index contributed by atoms with van der Waals surface area (Å²) >= 11 is 0. The maximum atomic E-state index is 11.4. The van der Waals surface area contributed by atoms with Crippen LogP contribution in [0.15, 0.2) is 40.8 Å². The van der Waals surface area contributed by atoms with E-state index in [0.29, 0.717) is 25.3 Å². The fourth-order valence-electron chi connectivity index (χ4n) is 3.35. The molecule has 1 aromatic carbocycles. The first-order valence-electron chi connectivity index (χ1n) is 8.49. The quantitative estimate of drug-likeness (QED) is 0.731. The van der Waals surface area contributed by atoms with Crippen LogP contribution >= 0.6 is 0 Å². The molecule has 8 heteroatoms. The van der Waals surface area contributed by atoms with Crippen molar-refractivity contribution in [3.8, 4) is 0 Å². The molecule has 3 heterocycles. The lowest BCUT2D eigenvalue weighted by Crippen LogP contribution is -2.33.